The number of aliphatic hydroxyl groups excluding tert-OH is 3. The summed E-state index contributed by atoms with van der Waals surface area (Å²) in [7, 11) is 0. The van der Waals surface area contributed by atoms with Crippen LogP contribution in [0.15, 0.2) is 24.3 Å². The molecule has 3 unspecified atom stereocenters. The normalized spacial score (nSPS) is 13.6. The maximum atomic E-state index is 12.5. The molecule has 0 aliphatic rings. The highest BCUT2D eigenvalue weighted by Gasteiger charge is 2.22. The first-order chi connectivity index (χ1) is 28.1. The molecule has 0 aliphatic carbocycles. The molecule has 0 spiro atoms. The quantitative estimate of drug-likeness (QED) is 0.0364. The summed E-state index contributed by atoms with van der Waals surface area (Å²) in [6.07, 6.45) is 59.8. The zero-order valence-electron chi connectivity index (χ0n) is 38.5. The third-order valence-electron chi connectivity index (χ3n) is 12.0. The van der Waals surface area contributed by atoms with Gasteiger partial charge in [-0.25, -0.2) is 0 Å². The minimum absolute atomic E-state index is 0.373. The molecule has 0 aromatic heterocycles. The molecule has 0 radical (unpaired) electrons. The number of hydrogen-bond acceptors (Lipinski definition) is 4. The SMILES string of the molecule is CCCCCCC/C=C/CC/C=C/C(O)C(CO)NC(=O)C(O)CCCCCCCCCCCCCCCCCCCCCCCCCCCCCCCCCC. The van der Waals surface area contributed by atoms with Gasteiger partial charge in [0.1, 0.15) is 6.10 Å². The fraction of sp³-hybridized carbons (Fsp3) is 0.904. The molecule has 5 nitrogen and oxygen atoms in total. The molecular weight excluding hydrogens is 703 g/mol. The summed E-state index contributed by atoms with van der Waals surface area (Å²) < 4.78 is 0. The van der Waals surface area contributed by atoms with Crippen LogP contribution < -0.4 is 5.32 Å². The van der Waals surface area contributed by atoms with Gasteiger partial charge in [-0.05, 0) is 32.1 Å². The van der Waals surface area contributed by atoms with Crippen molar-refractivity contribution < 1.29 is 20.1 Å². The van der Waals surface area contributed by atoms with Gasteiger partial charge in [0.25, 0.3) is 0 Å². The van der Waals surface area contributed by atoms with Crippen LogP contribution in [0.2, 0.25) is 0 Å². The fourth-order valence-electron chi connectivity index (χ4n) is 8.03. The Morgan fingerprint density at radius 3 is 1.07 bits per heavy atom. The van der Waals surface area contributed by atoms with Gasteiger partial charge >= 0.3 is 0 Å². The molecule has 4 N–H and O–H groups in total. The van der Waals surface area contributed by atoms with E-state index in [9.17, 15) is 20.1 Å². The van der Waals surface area contributed by atoms with Gasteiger partial charge in [0.05, 0.1) is 18.8 Å². The van der Waals surface area contributed by atoms with Crippen molar-refractivity contribution in [1.29, 1.82) is 0 Å². The zero-order valence-corrected chi connectivity index (χ0v) is 38.5. The van der Waals surface area contributed by atoms with Crippen molar-refractivity contribution in [3.8, 4) is 0 Å². The van der Waals surface area contributed by atoms with Crippen LogP contribution in [0.4, 0.5) is 0 Å². The first-order valence-electron chi connectivity index (χ1n) is 25.7. The van der Waals surface area contributed by atoms with Crippen molar-refractivity contribution in [3.05, 3.63) is 24.3 Å². The molecule has 0 aliphatic heterocycles. The van der Waals surface area contributed by atoms with Crippen molar-refractivity contribution in [3.63, 3.8) is 0 Å². The summed E-state index contributed by atoms with van der Waals surface area (Å²) in [5, 5.41) is 33.1. The standard InChI is InChI=1S/C52H101NO4/c1-3-5-7-9-11-13-15-16-17-18-19-20-21-22-23-24-25-26-27-28-29-30-31-32-33-34-35-37-39-41-43-45-47-51(56)52(57)53-49(48-54)50(55)46-44-42-40-38-36-14-12-10-8-6-4-2/h36,38,44,46,49-51,54-56H,3-35,37,39-43,45,47-48H2,1-2H3,(H,53,57)/b38-36+,46-44+. The van der Waals surface area contributed by atoms with Gasteiger partial charge in [0.15, 0.2) is 0 Å². The van der Waals surface area contributed by atoms with E-state index in [1.165, 1.54) is 218 Å². The zero-order chi connectivity index (χ0) is 41.5. The lowest BCUT2D eigenvalue weighted by molar-refractivity contribution is -0.131. The third kappa shape index (κ3) is 42.8. The Balaban J connectivity index is 3.47. The highest BCUT2D eigenvalue weighted by molar-refractivity contribution is 5.80. The Morgan fingerprint density at radius 1 is 0.421 bits per heavy atom. The number of carbonyl (C=O) groups is 1. The summed E-state index contributed by atoms with van der Waals surface area (Å²) in [6, 6.07) is -0.810. The van der Waals surface area contributed by atoms with E-state index in [-0.39, 0.29) is 6.61 Å². The Bertz CT molecular complexity index is 844. The highest BCUT2D eigenvalue weighted by Crippen LogP contribution is 2.17. The van der Waals surface area contributed by atoms with Crippen molar-refractivity contribution in [2.75, 3.05) is 6.61 Å². The summed E-state index contributed by atoms with van der Waals surface area (Å²) in [4.78, 5) is 12.5. The molecule has 0 fully saturated rings. The Labute approximate surface area is 356 Å². The molecule has 1 amide bonds. The number of nitrogens with one attached hydrogen (secondary N) is 1. The van der Waals surface area contributed by atoms with Crippen LogP contribution in [0.5, 0.6) is 0 Å². The van der Waals surface area contributed by atoms with Crippen molar-refractivity contribution in [2.45, 2.75) is 295 Å². The summed E-state index contributed by atoms with van der Waals surface area (Å²) in [5.41, 5.74) is 0. The van der Waals surface area contributed by atoms with Crippen LogP contribution in [0.1, 0.15) is 277 Å². The van der Waals surface area contributed by atoms with Gasteiger partial charge in [0, 0.05) is 0 Å². The molecule has 5 heteroatoms. The molecule has 3 atom stereocenters. The molecule has 0 rings (SSSR count). The fourth-order valence-corrected chi connectivity index (χ4v) is 8.03. The topological polar surface area (TPSA) is 89.8 Å². The lowest BCUT2D eigenvalue weighted by atomic mass is 10.0. The maximum Gasteiger partial charge on any atom is 0.249 e. The van der Waals surface area contributed by atoms with Crippen LogP contribution in [0.25, 0.3) is 0 Å². The predicted octanol–water partition coefficient (Wildman–Crippen LogP) is 15.3. The lowest BCUT2D eigenvalue weighted by Crippen LogP contribution is -2.48. The largest absolute Gasteiger partial charge is 0.394 e. The number of unbranched alkanes of at least 4 members (excludes halogenated alkanes) is 37. The van der Waals surface area contributed by atoms with Crippen LogP contribution in [-0.4, -0.2) is 46.1 Å². The molecule has 0 saturated carbocycles. The minimum Gasteiger partial charge on any atom is -0.394 e. The van der Waals surface area contributed by atoms with Crippen LogP contribution in [0.3, 0.4) is 0 Å². The number of amides is 1. The van der Waals surface area contributed by atoms with E-state index in [4.69, 9.17) is 0 Å². The van der Waals surface area contributed by atoms with Gasteiger partial charge in [-0.3, -0.25) is 4.79 Å². The smallest absolute Gasteiger partial charge is 0.249 e. The Hall–Kier alpha value is -1.17. The summed E-state index contributed by atoms with van der Waals surface area (Å²) >= 11 is 0. The second-order valence-electron chi connectivity index (χ2n) is 17.7. The van der Waals surface area contributed by atoms with E-state index in [1.807, 2.05) is 6.08 Å². The van der Waals surface area contributed by atoms with Crippen molar-refractivity contribution in [2.24, 2.45) is 0 Å². The Morgan fingerprint density at radius 2 is 0.719 bits per heavy atom. The molecule has 0 bridgehead atoms. The average molecular weight is 804 g/mol. The summed E-state index contributed by atoms with van der Waals surface area (Å²) in [6.45, 7) is 4.16. The molecular formula is C52H101NO4. The first kappa shape index (κ1) is 55.8. The van der Waals surface area contributed by atoms with E-state index < -0.39 is 24.2 Å². The number of carbonyl (C=O) groups excluding carboxylic acids is 1. The van der Waals surface area contributed by atoms with Gasteiger partial charge < -0.3 is 20.6 Å². The number of rotatable bonds is 47. The van der Waals surface area contributed by atoms with Gasteiger partial charge in [-0.2, -0.15) is 0 Å². The molecule has 0 aromatic carbocycles. The van der Waals surface area contributed by atoms with Crippen molar-refractivity contribution >= 4 is 5.91 Å². The minimum atomic E-state index is -1.10. The lowest BCUT2D eigenvalue weighted by Gasteiger charge is -2.21. The highest BCUT2D eigenvalue weighted by atomic mass is 16.3. The number of aliphatic hydroxyl groups is 3. The third-order valence-corrected chi connectivity index (χ3v) is 12.0. The first-order valence-corrected chi connectivity index (χ1v) is 25.7. The van der Waals surface area contributed by atoms with Crippen LogP contribution in [-0.2, 0) is 4.79 Å². The second kappa shape index (κ2) is 47.5. The monoisotopic (exact) mass is 804 g/mol. The second-order valence-corrected chi connectivity index (χ2v) is 17.7. The molecule has 338 valence electrons. The summed E-state index contributed by atoms with van der Waals surface area (Å²) in [5.74, 6) is -0.510. The molecule has 0 saturated heterocycles. The average Bonchev–Trinajstić information content (AvgIpc) is 3.22. The maximum absolute atomic E-state index is 12.5. The molecule has 0 aromatic rings. The van der Waals surface area contributed by atoms with E-state index in [0.29, 0.717) is 6.42 Å². The predicted molar refractivity (Wildman–Crippen MR) is 250 cm³/mol. The molecule has 57 heavy (non-hydrogen) atoms. The van der Waals surface area contributed by atoms with Gasteiger partial charge in [0.2, 0.25) is 5.91 Å². The van der Waals surface area contributed by atoms with Gasteiger partial charge in [-0.15, -0.1) is 0 Å². The van der Waals surface area contributed by atoms with Crippen LogP contribution in [0, 0.1) is 0 Å². The molecule has 0 heterocycles. The van der Waals surface area contributed by atoms with E-state index in [1.54, 1.807) is 6.08 Å². The van der Waals surface area contributed by atoms with E-state index >= 15 is 0 Å². The number of allylic oxidation sites excluding steroid dienone is 3. The van der Waals surface area contributed by atoms with E-state index in [0.717, 1.165) is 38.5 Å². The number of hydrogen-bond donors (Lipinski definition) is 4. The van der Waals surface area contributed by atoms with E-state index in [2.05, 4.69) is 31.3 Å². The Kier molecular flexibility index (Phi) is 46.5. The van der Waals surface area contributed by atoms with Crippen molar-refractivity contribution in [1.82, 2.24) is 5.32 Å². The van der Waals surface area contributed by atoms with Gasteiger partial charge in [-0.1, -0.05) is 269 Å². The van der Waals surface area contributed by atoms with Crippen LogP contribution >= 0.6 is 0 Å².